The van der Waals surface area contributed by atoms with Crippen LogP contribution in [0.5, 0.6) is 0 Å². The third kappa shape index (κ3) is 6.25. The Labute approximate surface area is 104 Å². The minimum atomic E-state index is -1.30. The molecule has 0 saturated heterocycles. The SMILES string of the molecule is CC(CCNC(=O)NC(C)(C)C(=O)O)S(C)=O. The minimum Gasteiger partial charge on any atom is -0.480 e. The summed E-state index contributed by atoms with van der Waals surface area (Å²) in [4.78, 5) is 22.1. The smallest absolute Gasteiger partial charge is 0.328 e. The third-order valence-corrected chi connectivity index (χ3v) is 3.73. The molecule has 0 aromatic rings. The molecular weight excluding hydrogens is 244 g/mol. The zero-order valence-electron chi connectivity index (χ0n) is 10.6. The van der Waals surface area contributed by atoms with Crippen molar-refractivity contribution in [1.29, 1.82) is 0 Å². The first kappa shape index (κ1) is 15.9. The second-order valence-corrected chi connectivity index (χ2v) is 6.21. The van der Waals surface area contributed by atoms with Crippen LogP contribution in [-0.2, 0) is 15.6 Å². The second kappa shape index (κ2) is 6.58. The number of aliphatic carboxylic acids is 1. The molecule has 0 bridgehead atoms. The van der Waals surface area contributed by atoms with E-state index < -0.39 is 28.3 Å². The Kier molecular flexibility index (Phi) is 6.15. The first-order valence-corrected chi connectivity index (χ1v) is 6.90. The van der Waals surface area contributed by atoms with Crippen molar-refractivity contribution in [1.82, 2.24) is 10.6 Å². The molecule has 0 saturated carbocycles. The second-order valence-electron chi connectivity index (χ2n) is 4.41. The lowest BCUT2D eigenvalue weighted by molar-refractivity contribution is -0.142. The Morgan fingerprint density at radius 1 is 1.41 bits per heavy atom. The number of rotatable bonds is 6. The summed E-state index contributed by atoms with van der Waals surface area (Å²) in [5, 5.41) is 13.7. The van der Waals surface area contributed by atoms with E-state index in [2.05, 4.69) is 10.6 Å². The molecule has 0 fully saturated rings. The molecule has 2 atom stereocenters. The van der Waals surface area contributed by atoms with Crippen LogP contribution < -0.4 is 10.6 Å². The first-order chi connectivity index (χ1) is 7.66. The number of carbonyl (C=O) groups is 2. The van der Waals surface area contributed by atoms with Crippen molar-refractivity contribution in [3.8, 4) is 0 Å². The molecule has 3 N–H and O–H groups in total. The Balaban J connectivity index is 3.97. The van der Waals surface area contributed by atoms with E-state index in [1.165, 1.54) is 13.8 Å². The number of nitrogens with one attached hydrogen (secondary N) is 2. The summed E-state index contributed by atoms with van der Waals surface area (Å²) in [6, 6.07) is -0.536. The number of carbonyl (C=O) groups excluding carboxylic acids is 1. The van der Waals surface area contributed by atoms with Crippen LogP contribution in [0, 0.1) is 0 Å². The average molecular weight is 264 g/mol. The molecule has 0 spiro atoms. The maximum Gasteiger partial charge on any atom is 0.328 e. The maximum absolute atomic E-state index is 11.4. The summed E-state index contributed by atoms with van der Waals surface area (Å²) in [5.74, 6) is -1.10. The van der Waals surface area contributed by atoms with Gasteiger partial charge in [-0.25, -0.2) is 9.59 Å². The average Bonchev–Trinajstić information content (AvgIpc) is 2.16. The fraction of sp³-hybridized carbons (Fsp3) is 0.800. The highest BCUT2D eigenvalue weighted by Crippen LogP contribution is 2.01. The van der Waals surface area contributed by atoms with Crippen LogP contribution in [0.15, 0.2) is 0 Å². The molecule has 17 heavy (non-hydrogen) atoms. The van der Waals surface area contributed by atoms with Gasteiger partial charge in [0.25, 0.3) is 0 Å². The number of amides is 2. The number of hydrogen-bond acceptors (Lipinski definition) is 3. The summed E-state index contributed by atoms with van der Waals surface area (Å²) in [5.41, 5.74) is -1.30. The summed E-state index contributed by atoms with van der Waals surface area (Å²) in [6.07, 6.45) is 2.20. The number of carboxylic acids is 1. The largest absolute Gasteiger partial charge is 0.480 e. The fourth-order valence-electron chi connectivity index (χ4n) is 0.936. The van der Waals surface area contributed by atoms with Crippen LogP contribution in [0.25, 0.3) is 0 Å². The molecule has 7 heteroatoms. The van der Waals surface area contributed by atoms with Crippen molar-refractivity contribution in [2.45, 2.75) is 38.0 Å². The Morgan fingerprint density at radius 3 is 2.35 bits per heavy atom. The van der Waals surface area contributed by atoms with Gasteiger partial charge in [0, 0.05) is 28.9 Å². The summed E-state index contributed by atoms with van der Waals surface area (Å²) in [6.45, 7) is 5.00. The van der Waals surface area contributed by atoms with Gasteiger partial charge in [-0.05, 0) is 20.3 Å². The number of hydrogen-bond donors (Lipinski definition) is 3. The summed E-state index contributed by atoms with van der Waals surface area (Å²) < 4.78 is 11.0. The lowest BCUT2D eigenvalue weighted by Crippen LogP contribution is -2.53. The van der Waals surface area contributed by atoms with Gasteiger partial charge in [-0.15, -0.1) is 0 Å². The van der Waals surface area contributed by atoms with Crippen LogP contribution in [-0.4, -0.2) is 44.9 Å². The van der Waals surface area contributed by atoms with Crippen molar-refractivity contribution in [3.05, 3.63) is 0 Å². The standard InChI is InChI=1S/C10H20N2O4S/c1-7(17(4)16)5-6-11-9(15)12-10(2,3)8(13)14/h7H,5-6H2,1-4H3,(H,13,14)(H2,11,12,15). The van der Waals surface area contributed by atoms with Crippen molar-refractivity contribution < 1.29 is 18.9 Å². The van der Waals surface area contributed by atoms with Gasteiger partial charge in [0.2, 0.25) is 0 Å². The first-order valence-electron chi connectivity index (χ1n) is 5.28. The van der Waals surface area contributed by atoms with Gasteiger partial charge in [-0.3, -0.25) is 4.21 Å². The van der Waals surface area contributed by atoms with Gasteiger partial charge in [0.1, 0.15) is 5.54 Å². The quantitative estimate of drug-likeness (QED) is 0.643. The zero-order valence-corrected chi connectivity index (χ0v) is 11.4. The van der Waals surface area contributed by atoms with Gasteiger partial charge in [0.15, 0.2) is 0 Å². The normalized spacial score (nSPS) is 14.8. The molecule has 2 amide bonds. The number of urea groups is 1. The molecule has 0 aliphatic heterocycles. The van der Waals surface area contributed by atoms with Gasteiger partial charge < -0.3 is 15.7 Å². The van der Waals surface area contributed by atoms with E-state index in [1.807, 2.05) is 6.92 Å². The molecule has 0 aromatic heterocycles. The minimum absolute atomic E-state index is 0.00258. The lowest BCUT2D eigenvalue weighted by atomic mass is 10.1. The van der Waals surface area contributed by atoms with Crippen LogP contribution in [0.3, 0.4) is 0 Å². The summed E-state index contributed by atoms with van der Waals surface area (Å²) in [7, 11) is -0.917. The highest BCUT2D eigenvalue weighted by molar-refractivity contribution is 7.84. The van der Waals surface area contributed by atoms with E-state index in [4.69, 9.17) is 5.11 Å². The molecule has 6 nitrogen and oxygen atoms in total. The van der Waals surface area contributed by atoms with Crippen LogP contribution in [0.1, 0.15) is 27.2 Å². The molecular formula is C10H20N2O4S. The molecule has 0 aliphatic rings. The van der Waals surface area contributed by atoms with Crippen molar-refractivity contribution in [2.75, 3.05) is 12.8 Å². The van der Waals surface area contributed by atoms with Crippen molar-refractivity contribution >= 4 is 22.8 Å². The van der Waals surface area contributed by atoms with Gasteiger partial charge in [0.05, 0.1) is 0 Å². The monoisotopic (exact) mass is 264 g/mol. The predicted octanol–water partition coefficient (Wildman–Crippen LogP) is 0.306. The van der Waals surface area contributed by atoms with Crippen molar-refractivity contribution in [3.63, 3.8) is 0 Å². The Bertz CT molecular complexity index is 317. The molecule has 0 aromatic carbocycles. The van der Waals surface area contributed by atoms with Crippen LogP contribution in [0.4, 0.5) is 4.79 Å². The number of carboxylic acid groups (broad SMARTS) is 1. The molecule has 2 unspecified atom stereocenters. The highest BCUT2D eigenvalue weighted by atomic mass is 32.2. The van der Waals surface area contributed by atoms with E-state index in [9.17, 15) is 13.8 Å². The third-order valence-electron chi connectivity index (χ3n) is 2.36. The molecule has 100 valence electrons. The summed E-state index contributed by atoms with van der Waals surface area (Å²) >= 11 is 0. The Morgan fingerprint density at radius 2 is 1.94 bits per heavy atom. The molecule has 0 heterocycles. The zero-order chi connectivity index (χ0) is 13.6. The molecule has 0 radical (unpaired) electrons. The van der Waals surface area contributed by atoms with E-state index in [0.717, 1.165) is 0 Å². The highest BCUT2D eigenvalue weighted by Gasteiger charge is 2.28. The van der Waals surface area contributed by atoms with Crippen molar-refractivity contribution in [2.24, 2.45) is 0 Å². The predicted molar refractivity (Wildman–Crippen MR) is 66.4 cm³/mol. The maximum atomic E-state index is 11.4. The van der Waals surface area contributed by atoms with Gasteiger partial charge in [-0.2, -0.15) is 0 Å². The van der Waals surface area contributed by atoms with E-state index in [0.29, 0.717) is 13.0 Å². The van der Waals surface area contributed by atoms with E-state index in [-0.39, 0.29) is 5.25 Å². The van der Waals surface area contributed by atoms with Gasteiger partial charge >= 0.3 is 12.0 Å². The molecule has 0 aliphatic carbocycles. The van der Waals surface area contributed by atoms with E-state index in [1.54, 1.807) is 6.26 Å². The van der Waals surface area contributed by atoms with Crippen LogP contribution >= 0.6 is 0 Å². The Hall–Kier alpha value is -1.11. The lowest BCUT2D eigenvalue weighted by Gasteiger charge is -2.21. The van der Waals surface area contributed by atoms with E-state index >= 15 is 0 Å². The van der Waals surface area contributed by atoms with Crippen LogP contribution in [0.2, 0.25) is 0 Å². The molecule has 0 rings (SSSR count). The van der Waals surface area contributed by atoms with Gasteiger partial charge in [-0.1, -0.05) is 6.92 Å². The topological polar surface area (TPSA) is 95.5 Å². The fourth-order valence-corrected chi connectivity index (χ4v) is 1.39.